The summed E-state index contributed by atoms with van der Waals surface area (Å²) in [4.78, 5) is 25.6. The van der Waals surface area contributed by atoms with E-state index in [9.17, 15) is 9.59 Å². The summed E-state index contributed by atoms with van der Waals surface area (Å²) in [5, 5.41) is 7.47. The number of nitrogens with one attached hydrogen (secondary N) is 2. The van der Waals surface area contributed by atoms with Crippen LogP contribution >= 0.6 is 11.3 Å². The molecule has 0 atom stereocenters. The van der Waals surface area contributed by atoms with Crippen molar-refractivity contribution in [3.05, 3.63) is 21.9 Å². The molecule has 0 aliphatic rings. The number of nitrogens with zero attached hydrogens (tertiary/aromatic N) is 1. The van der Waals surface area contributed by atoms with Crippen LogP contribution < -0.4 is 10.6 Å². The molecular weight excluding hydrogens is 262 g/mol. The molecule has 1 rings (SSSR count). The molecule has 0 aliphatic heterocycles. The summed E-state index contributed by atoms with van der Waals surface area (Å²) in [6.45, 7) is 5.60. The third kappa shape index (κ3) is 6.35. The van der Waals surface area contributed by atoms with Crippen molar-refractivity contribution in [3.63, 3.8) is 0 Å². The van der Waals surface area contributed by atoms with Crippen LogP contribution in [0.15, 0.2) is 11.4 Å². The van der Waals surface area contributed by atoms with Gasteiger partial charge in [-0.2, -0.15) is 0 Å². The highest BCUT2D eigenvalue weighted by Gasteiger charge is 2.08. The number of thiophene rings is 1. The molecule has 0 aromatic carbocycles. The Morgan fingerprint density at radius 1 is 1.32 bits per heavy atom. The summed E-state index contributed by atoms with van der Waals surface area (Å²) < 4.78 is 0. The maximum atomic E-state index is 11.6. The minimum Gasteiger partial charge on any atom is -0.355 e. The highest BCUT2D eigenvalue weighted by atomic mass is 32.1. The molecule has 2 amide bonds. The van der Waals surface area contributed by atoms with Crippen molar-refractivity contribution < 1.29 is 9.59 Å². The molecule has 106 valence electrons. The second-order valence-corrected chi connectivity index (χ2v) is 5.53. The predicted molar refractivity (Wildman–Crippen MR) is 77.1 cm³/mol. The minimum atomic E-state index is -0.0838. The van der Waals surface area contributed by atoms with Crippen molar-refractivity contribution in [1.29, 1.82) is 0 Å². The molecule has 0 unspecified atom stereocenters. The maximum Gasteiger partial charge on any atom is 0.234 e. The number of aryl methyl sites for hydroxylation is 1. The molecule has 0 radical (unpaired) electrons. The molecule has 1 aromatic rings. The Kier molecular flexibility index (Phi) is 6.52. The number of carbonyl (C=O) groups is 2. The fourth-order valence-corrected chi connectivity index (χ4v) is 2.59. The molecule has 0 aliphatic carbocycles. The highest BCUT2D eigenvalue weighted by Crippen LogP contribution is 2.16. The van der Waals surface area contributed by atoms with Crippen molar-refractivity contribution in [3.8, 4) is 0 Å². The van der Waals surface area contributed by atoms with Crippen molar-refractivity contribution >= 4 is 23.2 Å². The van der Waals surface area contributed by atoms with Gasteiger partial charge in [0.2, 0.25) is 11.8 Å². The van der Waals surface area contributed by atoms with Crippen LogP contribution in [0.1, 0.15) is 17.4 Å². The molecule has 5 nitrogen and oxygen atoms in total. The van der Waals surface area contributed by atoms with Crippen molar-refractivity contribution in [2.45, 2.75) is 20.4 Å². The Hall–Kier alpha value is -1.40. The molecule has 19 heavy (non-hydrogen) atoms. The Morgan fingerprint density at radius 2 is 2.00 bits per heavy atom. The Morgan fingerprint density at radius 3 is 2.58 bits per heavy atom. The molecule has 1 aromatic heterocycles. The summed E-state index contributed by atoms with van der Waals surface area (Å²) in [5.41, 5.74) is 1.27. The van der Waals surface area contributed by atoms with Gasteiger partial charge in [-0.15, -0.1) is 11.3 Å². The maximum absolute atomic E-state index is 11.6. The van der Waals surface area contributed by atoms with E-state index in [0.717, 1.165) is 6.54 Å². The first-order valence-corrected chi connectivity index (χ1v) is 7.09. The van der Waals surface area contributed by atoms with Crippen molar-refractivity contribution in [2.24, 2.45) is 0 Å². The average molecular weight is 283 g/mol. The molecule has 1 heterocycles. The van der Waals surface area contributed by atoms with Gasteiger partial charge in [0.25, 0.3) is 0 Å². The van der Waals surface area contributed by atoms with Crippen LogP contribution in [0.5, 0.6) is 0 Å². The van der Waals surface area contributed by atoms with Gasteiger partial charge in [0.05, 0.1) is 6.54 Å². The summed E-state index contributed by atoms with van der Waals surface area (Å²) >= 11 is 1.71. The lowest BCUT2D eigenvalue weighted by atomic mass is 10.3. The van der Waals surface area contributed by atoms with E-state index in [4.69, 9.17) is 0 Å². The van der Waals surface area contributed by atoms with E-state index in [2.05, 4.69) is 29.0 Å². The van der Waals surface area contributed by atoms with Gasteiger partial charge in [-0.25, -0.2) is 0 Å². The van der Waals surface area contributed by atoms with Crippen molar-refractivity contribution in [2.75, 3.05) is 26.7 Å². The van der Waals surface area contributed by atoms with E-state index in [1.165, 1.54) is 17.4 Å². The monoisotopic (exact) mass is 283 g/mol. The fourth-order valence-electron chi connectivity index (χ4n) is 1.61. The lowest BCUT2D eigenvalue weighted by molar-refractivity contribution is -0.122. The second kappa shape index (κ2) is 7.91. The standard InChI is InChI=1S/C13H21N3O2S/c1-10-4-7-19-12(10)8-16(3)9-13(18)15-6-5-14-11(2)17/h4,7H,5-6,8-9H2,1-3H3,(H,14,17)(H,15,18). The molecule has 0 saturated carbocycles. The summed E-state index contributed by atoms with van der Waals surface area (Å²) in [5.74, 6) is -0.110. The zero-order valence-corrected chi connectivity index (χ0v) is 12.5. The average Bonchev–Trinajstić information content (AvgIpc) is 2.70. The third-order valence-electron chi connectivity index (χ3n) is 2.62. The second-order valence-electron chi connectivity index (χ2n) is 4.53. The van der Waals surface area contributed by atoms with E-state index < -0.39 is 0 Å². The Bertz CT molecular complexity index is 431. The van der Waals surface area contributed by atoms with Gasteiger partial charge < -0.3 is 10.6 Å². The van der Waals surface area contributed by atoms with Gasteiger partial charge in [-0.05, 0) is 31.0 Å². The topological polar surface area (TPSA) is 61.4 Å². The number of likely N-dealkylation sites (N-methyl/N-ethyl adjacent to an activating group) is 1. The fraction of sp³-hybridized carbons (Fsp3) is 0.538. The molecule has 6 heteroatoms. The van der Waals surface area contributed by atoms with Crippen LogP contribution in [-0.2, 0) is 16.1 Å². The number of rotatable bonds is 7. The van der Waals surface area contributed by atoms with Crippen LogP contribution in [-0.4, -0.2) is 43.4 Å². The highest BCUT2D eigenvalue weighted by molar-refractivity contribution is 7.10. The first-order chi connectivity index (χ1) is 8.99. The van der Waals surface area contributed by atoms with E-state index in [1.807, 2.05) is 11.9 Å². The lowest BCUT2D eigenvalue weighted by Crippen LogP contribution is -2.38. The molecule has 0 saturated heterocycles. The largest absolute Gasteiger partial charge is 0.355 e. The van der Waals surface area contributed by atoms with Crippen LogP contribution in [0, 0.1) is 6.92 Å². The zero-order chi connectivity index (χ0) is 14.3. The molecule has 2 N–H and O–H groups in total. The van der Waals surface area contributed by atoms with Gasteiger partial charge >= 0.3 is 0 Å². The smallest absolute Gasteiger partial charge is 0.234 e. The van der Waals surface area contributed by atoms with Gasteiger partial charge in [-0.3, -0.25) is 14.5 Å². The quantitative estimate of drug-likeness (QED) is 0.726. The first kappa shape index (κ1) is 15.7. The molecule has 0 bridgehead atoms. The SMILES string of the molecule is CC(=O)NCCNC(=O)CN(C)Cc1sccc1C. The summed E-state index contributed by atoms with van der Waals surface area (Å²) in [7, 11) is 1.92. The van der Waals surface area contributed by atoms with Crippen LogP contribution in [0.4, 0.5) is 0 Å². The van der Waals surface area contributed by atoms with E-state index >= 15 is 0 Å². The van der Waals surface area contributed by atoms with Crippen LogP contribution in [0.2, 0.25) is 0 Å². The van der Waals surface area contributed by atoms with Gasteiger partial charge in [0.1, 0.15) is 0 Å². The van der Waals surface area contributed by atoms with Gasteiger partial charge in [-0.1, -0.05) is 0 Å². The van der Waals surface area contributed by atoms with Crippen molar-refractivity contribution in [1.82, 2.24) is 15.5 Å². The predicted octanol–water partition coefficient (Wildman–Crippen LogP) is 0.741. The molecule has 0 spiro atoms. The van der Waals surface area contributed by atoms with E-state index in [1.54, 1.807) is 11.3 Å². The zero-order valence-electron chi connectivity index (χ0n) is 11.7. The number of hydrogen-bond donors (Lipinski definition) is 2. The number of carbonyl (C=O) groups excluding carboxylic acids is 2. The number of amides is 2. The van der Waals surface area contributed by atoms with E-state index in [-0.39, 0.29) is 11.8 Å². The van der Waals surface area contributed by atoms with E-state index in [0.29, 0.717) is 19.6 Å². The minimum absolute atomic E-state index is 0.0259. The lowest BCUT2D eigenvalue weighted by Gasteiger charge is -2.16. The van der Waals surface area contributed by atoms with Gasteiger partial charge in [0, 0.05) is 31.4 Å². The molecule has 0 fully saturated rings. The third-order valence-corrected chi connectivity index (χ3v) is 3.62. The van der Waals surface area contributed by atoms with Crippen LogP contribution in [0.25, 0.3) is 0 Å². The van der Waals surface area contributed by atoms with Gasteiger partial charge in [0.15, 0.2) is 0 Å². The normalized spacial score (nSPS) is 10.5. The summed E-state index contributed by atoms with van der Waals surface area (Å²) in [6.07, 6.45) is 0. The molecular formula is C13H21N3O2S. The first-order valence-electron chi connectivity index (χ1n) is 6.21. The number of hydrogen-bond acceptors (Lipinski definition) is 4. The Labute approximate surface area is 118 Å². The summed E-state index contributed by atoms with van der Waals surface area (Å²) in [6, 6.07) is 2.08. The Balaban J connectivity index is 2.21. The van der Waals surface area contributed by atoms with Crippen LogP contribution in [0.3, 0.4) is 0 Å².